The van der Waals surface area contributed by atoms with Gasteiger partial charge in [0.2, 0.25) is 0 Å². The molecule has 2 fully saturated rings. The summed E-state index contributed by atoms with van der Waals surface area (Å²) in [6, 6.07) is 0. The molecule has 0 aliphatic heterocycles. The quantitative estimate of drug-likeness (QED) is 0.696. The maximum atomic E-state index is 11.7. The standard InChI is InChI=1S/C11H16O3/c1-11-6-2-3-9(12)7(11)4-5-8(11)10(13)14/h7-8H,2-6H2,1H3,(H,13,14)/t7-,8+,11+/m0/s1. The molecule has 2 rings (SSSR count). The maximum Gasteiger partial charge on any atom is 0.307 e. The Balaban J connectivity index is 2.29. The molecule has 1 N–H and O–H groups in total. The van der Waals surface area contributed by atoms with Gasteiger partial charge in [0.1, 0.15) is 5.78 Å². The normalized spacial score (nSPS) is 42.2. The molecule has 0 unspecified atom stereocenters. The summed E-state index contributed by atoms with van der Waals surface area (Å²) in [4.78, 5) is 22.7. The maximum absolute atomic E-state index is 11.7. The van der Waals surface area contributed by atoms with Crippen LogP contribution in [0.3, 0.4) is 0 Å². The molecule has 0 amide bonds. The predicted molar refractivity (Wildman–Crippen MR) is 50.8 cm³/mol. The van der Waals surface area contributed by atoms with Gasteiger partial charge in [-0.05, 0) is 31.1 Å². The van der Waals surface area contributed by atoms with Crippen molar-refractivity contribution in [1.82, 2.24) is 0 Å². The van der Waals surface area contributed by atoms with E-state index in [1.54, 1.807) is 0 Å². The van der Waals surface area contributed by atoms with Crippen LogP contribution in [-0.4, -0.2) is 16.9 Å². The van der Waals surface area contributed by atoms with E-state index in [1.807, 2.05) is 6.92 Å². The molecule has 0 spiro atoms. The van der Waals surface area contributed by atoms with Crippen molar-refractivity contribution in [2.45, 2.75) is 39.0 Å². The first kappa shape index (κ1) is 9.69. The molecule has 0 radical (unpaired) electrons. The van der Waals surface area contributed by atoms with Gasteiger partial charge >= 0.3 is 5.97 Å². The van der Waals surface area contributed by atoms with Crippen LogP contribution in [0.5, 0.6) is 0 Å². The second kappa shape index (κ2) is 3.07. The smallest absolute Gasteiger partial charge is 0.307 e. The van der Waals surface area contributed by atoms with Crippen LogP contribution in [-0.2, 0) is 9.59 Å². The van der Waals surface area contributed by atoms with Gasteiger partial charge in [0.25, 0.3) is 0 Å². The van der Waals surface area contributed by atoms with Crippen molar-refractivity contribution >= 4 is 11.8 Å². The lowest BCUT2D eigenvalue weighted by Crippen LogP contribution is -2.39. The zero-order valence-corrected chi connectivity index (χ0v) is 8.45. The van der Waals surface area contributed by atoms with E-state index in [4.69, 9.17) is 5.11 Å². The fraction of sp³-hybridized carbons (Fsp3) is 0.818. The lowest BCUT2D eigenvalue weighted by Gasteiger charge is -2.37. The van der Waals surface area contributed by atoms with E-state index in [1.165, 1.54) is 0 Å². The Morgan fingerprint density at radius 3 is 2.86 bits per heavy atom. The third kappa shape index (κ3) is 1.18. The van der Waals surface area contributed by atoms with Crippen LogP contribution in [0.1, 0.15) is 39.0 Å². The molecular formula is C11H16O3. The first-order valence-corrected chi connectivity index (χ1v) is 5.31. The molecule has 14 heavy (non-hydrogen) atoms. The molecule has 2 saturated carbocycles. The fourth-order valence-corrected chi connectivity index (χ4v) is 3.34. The van der Waals surface area contributed by atoms with Gasteiger partial charge in [-0.1, -0.05) is 6.92 Å². The number of carboxylic acid groups (broad SMARTS) is 1. The van der Waals surface area contributed by atoms with Crippen molar-refractivity contribution in [3.8, 4) is 0 Å². The molecular weight excluding hydrogens is 180 g/mol. The highest BCUT2D eigenvalue weighted by molar-refractivity contribution is 5.85. The Labute approximate surface area is 83.5 Å². The molecule has 0 heterocycles. The van der Waals surface area contributed by atoms with Crippen LogP contribution in [0.2, 0.25) is 0 Å². The summed E-state index contributed by atoms with van der Waals surface area (Å²) in [7, 11) is 0. The summed E-state index contributed by atoms with van der Waals surface area (Å²) in [5.41, 5.74) is -0.249. The molecule has 3 nitrogen and oxygen atoms in total. The SMILES string of the molecule is C[C@@]12CCCC(=O)[C@@H]1CC[C@@H]2C(=O)O. The molecule has 2 aliphatic carbocycles. The van der Waals surface area contributed by atoms with Crippen LogP contribution in [0, 0.1) is 17.3 Å². The van der Waals surface area contributed by atoms with E-state index >= 15 is 0 Å². The van der Waals surface area contributed by atoms with Gasteiger partial charge in [-0.15, -0.1) is 0 Å². The van der Waals surface area contributed by atoms with Crippen molar-refractivity contribution in [2.24, 2.45) is 17.3 Å². The van der Waals surface area contributed by atoms with Crippen LogP contribution < -0.4 is 0 Å². The molecule has 2 aliphatic rings. The highest BCUT2D eigenvalue weighted by atomic mass is 16.4. The van der Waals surface area contributed by atoms with Crippen LogP contribution >= 0.6 is 0 Å². The molecule has 0 aromatic heterocycles. The lowest BCUT2D eigenvalue weighted by atomic mass is 9.65. The van der Waals surface area contributed by atoms with Gasteiger partial charge < -0.3 is 5.11 Å². The number of carbonyl (C=O) groups is 2. The van der Waals surface area contributed by atoms with Crippen LogP contribution in [0.15, 0.2) is 0 Å². The molecule has 0 aromatic carbocycles. The van der Waals surface area contributed by atoms with E-state index in [-0.39, 0.29) is 17.3 Å². The largest absolute Gasteiger partial charge is 0.481 e. The Bertz CT molecular complexity index is 276. The fourth-order valence-electron chi connectivity index (χ4n) is 3.34. The zero-order valence-electron chi connectivity index (χ0n) is 8.45. The first-order valence-electron chi connectivity index (χ1n) is 5.31. The molecule has 3 atom stereocenters. The van der Waals surface area contributed by atoms with Crippen molar-refractivity contribution in [3.05, 3.63) is 0 Å². The number of carbonyl (C=O) groups excluding carboxylic acids is 1. The summed E-state index contributed by atoms with van der Waals surface area (Å²) in [6.07, 6.45) is 3.90. The Morgan fingerprint density at radius 1 is 1.50 bits per heavy atom. The molecule has 78 valence electrons. The van der Waals surface area contributed by atoms with E-state index < -0.39 is 5.97 Å². The van der Waals surface area contributed by atoms with Crippen LogP contribution in [0.4, 0.5) is 0 Å². The topological polar surface area (TPSA) is 54.4 Å². The van der Waals surface area contributed by atoms with Gasteiger partial charge in [-0.2, -0.15) is 0 Å². The van der Waals surface area contributed by atoms with Crippen LogP contribution in [0.25, 0.3) is 0 Å². The number of ketones is 1. The Morgan fingerprint density at radius 2 is 2.21 bits per heavy atom. The number of rotatable bonds is 1. The number of hydrogen-bond acceptors (Lipinski definition) is 2. The number of hydrogen-bond donors (Lipinski definition) is 1. The Kier molecular flexibility index (Phi) is 2.13. The van der Waals surface area contributed by atoms with Gasteiger partial charge in [0.05, 0.1) is 5.92 Å². The molecule has 0 saturated heterocycles. The Hall–Kier alpha value is -0.860. The highest BCUT2D eigenvalue weighted by Crippen LogP contribution is 2.54. The average molecular weight is 196 g/mol. The number of aliphatic carboxylic acids is 1. The third-order valence-corrected chi connectivity index (χ3v) is 4.16. The second-order valence-electron chi connectivity index (χ2n) is 4.85. The molecule has 3 heteroatoms. The minimum absolute atomic E-state index is 0.0253. The zero-order chi connectivity index (χ0) is 10.3. The lowest BCUT2D eigenvalue weighted by molar-refractivity contribution is -0.147. The third-order valence-electron chi connectivity index (χ3n) is 4.16. The van der Waals surface area contributed by atoms with Gasteiger partial charge in [0.15, 0.2) is 0 Å². The van der Waals surface area contributed by atoms with Crippen molar-refractivity contribution in [1.29, 1.82) is 0 Å². The van der Waals surface area contributed by atoms with Crippen molar-refractivity contribution in [2.75, 3.05) is 0 Å². The summed E-state index contributed by atoms with van der Waals surface area (Å²) in [6.45, 7) is 1.99. The predicted octanol–water partition coefficient (Wildman–Crippen LogP) is 1.86. The van der Waals surface area contributed by atoms with E-state index in [0.717, 1.165) is 19.3 Å². The van der Waals surface area contributed by atoms with E-state index in [9.17, 15) is 9.59 Å². The highest BCUT2D eigenvalue weighted by Gasteiger charge is 2.53. The first-order chi connectivity index (χ1) is 6.55. The average Bonchev–Trinajstić information content (AvgIpc) is 2.43. The minimum Gasteiger partial charge on any atom is -0.481 e. The van der Waals surface area contributed by atoms with Crippen molar-refractivity contribution < 1.29 is 14.7 Å². The minimum atomic E-state index is -0.718. The summed E-state index contributed by atoms with van der Waals surface area (Å²) >= 11 is 0. The number of Topliss-reactive ketones (excluding diaryl/α,β-unsaturated/α-hetero) is 1. The van der Waals surface area contributed by atoms with Crippen molar-refractivity contribution in [3.63, 3.8) is 0 Å². The number of fused-ring (bicyclic) bond motifs is 1. The summed E-state index contributed by atoms with van der Waals surface area (Å²) in [5, 5.41) is 9.09. The summed E-state index contributed by atoms with van der Waals surface area (Å²) < 4.78 is 0. The van der Waals surface area contributed by atoms with Gasteiger partial charge in [0, 0.05) is 12.3 Å². The molecule has 0 aromatic rings. The van der Waals surface area contributed by atoms with E-state index in [0.29, 0.717) is 18.6 Å². The monoisotopic (exact) mass is 196 g/mol. The van der Waals surface area contributed by atoms with E-state index in [2.05, 4.69) is 0 Å². The number of carboxylic acids is 1. The van der Waals surface area contributed by atoms with Gasteiger partial charge in [-0.25, -0.2) is 0 Å². The second-order valence-corrected chi connectivity index (χ2v) is 4.85. The summed E-state index contributed by atoms with van der Waals surface area (Å²) in [5.74, 6) is -0.693. The van der Waals surface area contributed by atoms with Gasteiger partial charge in [-0.3, -0.25) is 9.59 Å². The molecule has 0 bridgehead atoms.